The molecule has 7 nitrogen and oxygen atoms in total. The van der Waals surface area contributed by atoms with Crippen LogP contribution in [0.3, 0.4) is 0 Å². The summed E-state index contributed by atoms with van der Waals surface area (Å²) in [5, 5.41) is 8.19. The average molecular weight is 519 g/mol. The molecule has 1 fully saturated rings. The van der Waals surface area contributed by atoms with Crippen LogP contribution in [-0.2, 0) is 6.42 Å². The van der Waals surface area contributed by atoms with Gasteiger partial charge in [0, 0.05) is 52.1 Å². The lowest BCUT2D eigenvalue weighted by molar-refractivity contribution is 0.362. The first-order chi connectivity index (χ1) is 13.1. The van der Waals surface area contributed by atoms with Crippen LogP contribution < -0.4 is 10.2 Å². The quantitative estimate of drug-likeness (QED) is 0.372. The molecule has 0 spiro atoms. The van der Waals surface area contributed by atoms with E-state index in [-0.39, 0.29) is 29.9 Å². The molecule has 1 N–H and O–H groups in total. The molecule has 2 aromatic rings. The van der Waals surface area contributed by atoms with Crippen LogP contribution in [0.5, 0.6) is 0 Å². The largest absolute Gasteiger partial charge is 0.367 e. The first-order valence-electron chi connectivity index (χ1n) is 9.36. The Kier molecular flexibility index (Phi) is 8.81. The van der Waals surface area contributed by atoms with E-state index in [1.807, 2.05) is 25.2 Å². The monoisotopic (exact) mass is 518 g/mol. The van der Waals surface area contributed by atoms with Gasteiger partial charge in [-0.3, -0.25) is 4.99 Å². The third kappa shape index (κ3) is 5.73. The topological polar surface area (TPSA) is 69.8 Å². The summed E-state index contributed by atoms with van der Waals surface area (Å²) in [5.41, 5.74) is 1.10. The number of benzene rings is 1. The highest BCUT2D eigenvalue weighted by molar-refractivity contribution is 14.0. The van der Waals surface area contributed by atoms with Crippen LogP contribution in [0.15, 0.2) is 33.8 Å². The van der Waals surface area contributed by atoms with E-state index in [0.29, 0.717) is 18.9 Å². The van der Waals surface area contributed by atoms with Gasteiger partial charge >= 0.3 is 0 Å². The van der Waals surface area contributed by atoms with Gasteiger partial charge in [-0.05, 0) is 12.1 Å². The number of hydrogen-bond acceptors (Lipinski definition) is 5. The minimum absolute atomic E-state index is 0. The second kappa shape index (κ2) is 10.8. The normalized spacial score (nSPS) is 15.0. The molecule has 9 heteroatoms. The summed E-state index contributed by atoms with van der Waals surface area (Å²) in [6.07, 6.45) is 0.679. The van der Waals surface area contributed by atoms with E-state index >= 15 is 0 Å². The van der Waals surface area contributed by atoms with E-state index < -0.39 is 0 Å². The van der Waals surface area contributed by atoms with Crippen LogP contribution in [0.1, 0.15) is 31.5 Å². The number of nitrogens with one attached hydrogen (secondary N) is 1. The lowest BCUT2D eigenvalue weighted by Crippen LogP contribution is -2.52. The molecule has 1 saturated heterocycles. The molecule has 1 aliphatic heterocycles. The van der Waals surface area contributed by atoms with E-state index in [4.69, 9.17) is 16.1 Å². The lowest BCUT2D eigenvalue weighted by Gasteiger charge is -2.38. The number of para-hydroxylation sites is 1. The van der Waals surface area contributed by atoms with Crippen LogP contribution in [0.25, 0.3) is 0 Å². The van der Waals surface area contributed by atoms with Gasteiger partial charge in [-0.1, -0.05) is 42.7 Å². The molecular weight excluding hydrogens is 491 g/mol. The molecule has 1 aromatic carbocycles. The van der Waals surface area contributed by atoms with Gasteiger partial charge in [0.2, 0.25) is 5.89 Å². The molecule has 1 aromatic heterocycles. The van der Waals surface area contributed by atoms with Crippen molar-refractivity contribution in [3.8, 4) is 0 Å². The van der Waals surface area contributed by atoms with Crippen molar-refractivity contribution in [2.45, 2.75) is 26.2 Å². The second-order valence-corrected chi connectivity index (χ2v) is 7.26. The Morgan fingerprint density at radius 2 is 1.96 bits per heavy atom. The Labute approximate surface area is 188 Å². The summed E-state index contributed by atoms with van der Waals surface area (Å²) in [6, 6.07) is 7.99. The lowest BCUT2D eigenvalue weighted by atomic mass is 10.2. The molecule has 0 radical (unpaired) electrons. The predicted molar refractivity (Wildman–Crippen MR) is 124 cm³/mol. The number of anilines is 1. The molecule has 2 heterocycles. The molecule has 0 aliphatic carbocycles. The minimum Gasteiger partial charge on any atom is -0.367 e. The van der Waals surface area contributed by atoms with E-state index in [2.05, 4.69) is 50.2 Å². The number of aromatic nitrogens is 2. The van der Waals surface area contributed by atoms with Crippen molar-refractivity contribution in [1.29, 1.82) is 0 Å². The van der Waals surface area contributed by atoms with Gasteiger partial charge in [0.1, 0.15) is 0 Å². The van der Waals surface area contributed by atoms with E-state index in [0.717, 1.165) is 48.7 Å². The van der Waals surface area contributed by atoms with Crippen LogP contribution in [0, 0.1) is 0 Å². The Morgan fingerprint density at radius 1 is 1.25 bits per heavy atom. The SMILES string of the molecule is CN=C(NCCc1nc(C(C)C)no1)N1CCN(c2ccccc2Cl)CC1.I. The van der Waals surface area contributed by atoms with Crippen molar-refractivity contribution >= 4 is 47.2 Å². The number of nitrogens with zero attached hydrogens (tertiary/aromatic N) is 5. The summed E-state index contributed by atoms with van der Waals surface area (Å²) in [7, 11) is 1.81. The van der Waals surface area contributed by atoms with E-state index in [1.54, 1.807) is 0 Å². The van der Waals surface area contributed by atoms with Crippen LogP contribution >= 0.6 is 35.6 Å². The smallest absolute Gasteiger partial charge is 0.228 e. The van der Waals surface area contributed by atoms with Gasteiger partial charge in [-0.2, -0.15) is 4.98 Å². The fourth-order valence-corrected chi connectivity index (χ4v) is 3.34. The number of halogens is 2. The number of hydrogen-bond donors (Lipinski definition) is 1. The maximum atomic E-state index is 6.32. The number of rotatable bonds is 5. The van der Waals surface area contributed by atoms with Gasteiger partial charge < -0.3 is 19.6 Å². The van der Waals surface area contributed by atoms with Gasteiger partial charge in [0.05, 0.1) is 10.7 Å². The van der Waals surface area contributed by atoms with Gasteiger partial charge in [0.15, 0.2) is 11.8 Å². The van der Waals surface area contributed by atoms with Crippen LogP contribution in [-0.4, -0.2) is 60.8 Å². The summed E-state index contributed by atoms with van der Waals surface area (Å²) >= 11 is 6.32. The summed E-state index contributed by atoms with van der Waals surface area (Å²) < 4.78 is 5.29. The van der Waals surface area contributed by atoms with Gasteiger partial charge in [-0.25, -0.2) is 0 Å². The summed E-state index contributed by atoms with van der Waals surface area (Å²) in [5.74, 6) is 2.59. The molecule has 0 saturated carbocycles. The molecular formula is C19H28ClIN6O. The standard InChI is InChI=1S/C19H27ClN6O.HI/c1-14(2)18-23-17(27-24-18)8-9-22-19(21-3)26-12-10-25(11-13-26)16-7-5-4-6-15(16)20;/h4-7,14H,8-13H2,1-3H3,(H,21,22);1H. The van der Waals surface area contributed by atoms with Gasteiger partial charge in [-0.15, -0.1) is 24.0 Å². The zero-order valence-corrected chi connectivity index (χ0v) is 19.6. The van der Waals surface area contributed by atoms with E-state index in [9.17, 15) is 0 Å². The van der Waals surface area contributed by atoms with E-state index in [1.165, 1.54) is 0 Å². The van der Waals surface area contributed by atoms with Crippen molar-refractivity contribution in [1.82, 2.24) is 20.4 Å². The zero-order valence-electron chi connectivity index (χ0n) is 16.6. The third-order valence-electron chi connectivity index (χ3n) is 4.61. The molecule has 28 heavy (non-hydrogen) atoms. The maximum Gasteiger partial charge on any atom is 0.228 e. The third-order valence-corrected chi connectivity index (χ3v) is 4.93. The van der Waals surface area contributed by atoms with Crippen molar-refractivity contribution in [2.24, 2.45) is 4.99 Å². The first kappa shape index (κ1) is 22.7. The minimum atomic E-state index is 0. The number of aliphatic imine (C=N–C) groups is 1. The molecule has 0 atom stereocenters. The van der Waals surface area contributed by atoms with Crippen LogP contribution in [0.2, 0.25) is 5.02 Å². The highest BCUT2D eigenvalue weighted by atomic mass is 127. The van der Waals surface area contributed by atoms with Gasteiger partial charge in [0.25, 0.3) is 0 Å². The molecule has 0 bridgehead atoms. The number of guanidine groups is 1. The first-order valence-corrected chi connectivity index (χ1v) is 9.74. The zero-order chi connectivity index (χ0) is 19.2. The molecule has 0 unspecified atom stereocenters. The molecule has 154 valence electrons. The van der Waals surface area contributed by atoms with Crippen molar-refractivity contribution in [3.05, 3.63) is 41.0 Å². The Bertz CT molecular complexity index is 773. The van der Waals surface area contributed by atoms with Crippen LogP contribution in [0.4, 0.5) is 5.69 Å². The Balaban J connectivity index is 0.00000280. The summed E-state index contributed by atoms with van der Waals surface area (Å²) in [4.78, 5) is 13.4. The fourth-order valence-electron chi connectivity index (χ4n) is 3.08. The average Bonchev–Trinajstić information content (AvgIpc) is 3.15. The molecule has 0 amide bonds. The predicted octanol–water partition coefficient (Wildman–Crippen LogP) is 3.40. The Hall–Kier alpha value is -1.55. The second-order valence-electron chi connectivity index (χ2n) is 6.85. The van der Waals surface area contributed by atoms with Crippen molar-refractivity contribution < 1.29 is 4.52 Å². The highest BCUT2D eigenvalue weighted by Gasteiger charge is 2.21. The molecule has 3 rings (SSSR count). The maximum absolute atomic E-state index is 6.32. The van der Waals surface area contributed by atoms with Crippen molar-refractivity contribution in [2.75, 3.05) is 44.7 Å². The fraction of sp³-hybridized carbons (Fsp3) is 0.526. The highest BCUT2D eigenvalue weighted by Crippen LogP contribution is 2.26. The Morgan fingerprint density at radius 3 is 2.57 bits per heavy atom. The number of piperazine rings is 1. The molecule has 1 aliphatic rings. The summed E-state index contributed by atoms with van der Waals surface area (Å²) in [6.45, 7) is 8.41. The van der Waals surface area contributed by atoms with Crippen molar-refractivity contribution in [3.63, 3.8) is 0 Å².